The summed E-state index contributed by atoms with van der Waals surface area (Å²) in [7, 11) is 1.13. The van der Waals surface area contributed by atoms with Crippen molar-refractivity contribution in [2.45, 2.75) is 19.0 Å². The van der Waals surface area contributed by atoms with Gasteiger partial charge in [0.15, 0.2) is 16.9 Å². The van der Waals surface area contributed by atoms with E-state index >= 15 is 0 Å². The van der Waals surface area contributed by atoms with Gasteiger partial charge in [-0.15, -0.1) is 0 Å². The lowest BCUT2D eigenvalue weighted by Crippen LogP contribution is -2.13. The summed E-state index contributed by atoms with van der Waals surface area (Å²) in [5.74, 6) is -4.83. The molecule has 36 heavy (non-hydrogen) atoms. The smallest absolute Gasteiger partial charge is 0.387 e. The second kappa shape index (κ2) is 9.95. The van der Waals surface area contributed by atoms with E-state index in [0.717, 1.165) is 13.2 Å². The number of carbonyl (C=O) groups excluding carboxylic acids is 1. The van der Waals surface area contributed by atoms with Crippen molar-refractivity contribution in [3.05, 3.63) is 82.0 Å². The molecule has 0 aliphatic rings. The summed E-state index contributed by atoms with van der Waals surface area (Å²) in [5, 5.41) is 31.4. The maximum atomic E-state index is 13.0. The second-order valence-electron chi connectivity index (χ2n) is 7.79. The van der Waals surface area contributed by atoms with Gasteiger partial charge in [-0.2, -0.15) is 8.78 Å². The quantitative estimate of drug-likeness (QED) is 0.243. The van der Waals surface area contributed by atoms with Crippen LogP contribution >= 0.6 is 0 Å². The van der Waals surface area contributed by atoms with Gasteiger partial charge in [0.2, 0.25) is 5.75 Å². The number of fused-ring (bicyclic) bond motifs is 1. The molecule has 8 nitrogen and oxygen atoms in total. The normalized spacial score (nSPS) is 12.0. The maximum Gasteiger partial charge on any atom is 0.387 e. The molecular weight excluding hydrogens is 478 g/mol. The molecule has 1 aromatic heterocycles. The first-order valence-corrected chi connectivity index (χ1v) is 10.6. The van der Waals surface area contributed by atoms with Crippen molar-refractivity contribution in [2.24, 2.45) is 0 Å². The average Bonchev–Trinajstić information content (AvgIpc) is 2.86. The average molecular weight is 498 g/mol. The van der Waals surface area contributed by atoms with Gasteiger partial charge in [0.05, 0.1) is 13.5 Å². The van der Waals surface area contributed by atoms with Crippen LogP contribution in [0.25, 0.3) is 22.3 Å². The Labute approximate surface area is 202 Å². The molecule has 1 atom stereocenters. The molecule has 0 aliphatic carbocycles. The first-order chi connectivity index (χ1) is 17.2. The van der Waals surface area contributed by atoms with Crippen LogP contribution in [0.3, 0.4) is 0 Å². The SMILES string of the molecule is COC(=O)CC(c1cccc(OC(F)F)c1)c1c(O)c(O)c(O)c2c(=O)cc(-c3ccccc3)oc12. The summed E-state index contributed by atoms with van der Waals surface area (Å²) in [4.78, 5) is 25.3. The molecule has 0 saturated carbocycles. The van der Waals surface area contributed by atoms with Crippen molar-refractivity contribution < 1.29 is 42.8 Å². The molecule has 186 valence electrons. The number of carbonyl (C=O) groups is 1. The Hall–Kier alpha value is -4.60. The van der Waals surface area contributed by atoms with Crippen LogP contribution in [0.4, 0.5) is 8.78 Å². The molecule has 0 amide bonds. The highest BCUT2D eigenvalue weighted by Gasteiger charge is 2.31. The Kier molecular flexibility index (Phi) is 6.77. The number of ether oxygens (including phenoxy) is 2. The number of methoxy groups -OCH3 is 1. The zero-order valence-corrected chi connectivity index (χ0v) is 18.8. The Morgan fingerprint density at radius 2 is 1.69 bits per heavy atom. The van der Waals surface area contributed by atoms with E-state index in [4.69, 9.17) is 9.15 Å². The lowest BCUT2D eigenvalue weighted by Gasteiger charge is -2.21. The summed E-state index contributed by atoms with van der Waals surface area (Å²) in [6.45, 7) is -3.11. The number of rotatable bonds is 7. The number of alkyl halides is 2. The van der Waals surface area contributed by atoms with Crippen molar-refractivity contribution in [3.63, 3.8) is 0 Å². The highest BCUT2D eigenvalue weighted by atomic mass is 19.3. The molecule has 10 heteroatoms. The standard InChI is InChI=1S/C26H20F2O8/c1-34-19(30)11-16(14-8-5-9-15(10-14)35-26(27)28)20-22(31)24(33)23(32)21-17(29)12-18(36-25(20)21)13-6-3-2-4-7-13/h2-10,12,16,26,31-33H,11H2,1H3. The van der Waals surface area contributed by atoms with Crippen LogP contribution < -0.4 is 10.2 Å². The number of phenolic OH excluding ortho intramolecular Hbond substituents is 3. The van der Waals surface area contributed by atoms with Gasteiger partial charge in [0.25, 0.3) is 0 Å². The molecule has 3 N–H and O–H groups in total. The van der Waals surface area contributed by atoms with Gasteiger partial charge < -0.3 is 29.2 Å². The van der Waals surface area contributed by atoms with Crippen molar-refractivity contribution >= 4 is 16.9 Å². The number of phenols is 3. The van der Waals surface area contributed by atoms with Gasteiger partial charge in [0, 0.05) is 23.1 Å². The maximum absolute atomic E-state index is 13.0. The van der Waals surface area contributed by atoms with Gasteiger partial charge in [-0.05, 0) is 17.7 Å². The highest BCUT2D eigenvalue weighted by molar-refractivity contribution is 5.93. The minimum absolute atomic E-state index is 0.0884. The number of esters is 1. The number of hydrogen-bond donors (Lipinski definition) is 3. The Morgan fingerprint density at radius 1 is 0.972 bits per heavy atom. The third-order valence-electron chi connectivity index (χ3n) is 5.62. The fraction of sp³-hybridized carbons (Fsp3) is 0.154. The summed E-state index contributed by atoms with van der Waals surface area (Å²) >= 11 is 0. The molecule has 0 aliphatic heterocycles. The molecule has 0 fully saturated rings. The second-order valence-corrected chi connectivity index (χ2v) is 7.79. The van der Waals surface area contributed by atoms with Gasteiger partial charge >= 0.3 is 12.6 Å². The number of benzene rings is 3. The van der Waals surface area contributed by atoms with Crippen LogP contribution in [0.1, 0.15) is 23.5 Å². The van der Waals surface area contributed by atoms with E-state index in [1.54, 1.807) is 30.3 Å². The van der Waals surface area contributed by atoms with E-state index in [0.29, 0.717) is 5.56 Å². The van der Waals surface area contributed by atoms with Gasteiger partial charge in [-0.25, -0.2) is 0 Å². The zero-order valence-electron chi connectivity index (χ0n) is 18.8. The largest absolute Gasteiger partial charge is 0.504 e. The molecule has 3 aromatic carbocycles. The number of hydrogen-bond acceptors (Lipinski definition) is 8. The molecule has 0 spiro atoms. The van der Waals surface area contributed by atoms with Crippen LogP contribution in [0, 0.1) is 0 Å². The first-order valence-electron chi connectivity index (χ1n) is 10.6. The minimum Gasteiger partial charge on any atom is -0.504 e. The predicted molar refractivity (Wildman–Crippen MR) is 124 cm³/mol. The summed E-state index contributed by atoms with van der Waals surface area (Å²) in [6, 6.07) is 15.0. The van der Waals surface area contributed by atoms with E-state index in [-0.39, 0.29) is 28.2 Å². The van der Waals surface area contributed by atoms with Crippen LogP contribution in [0.2, 0.25) is 0 Å². The molecule has 1 heterocycles. The third kappa shape index (κ3) is 4.65. The lowest BCUT2D eigenvalue weighted by molar-refractivity contribution is -0.140. The fourth-order valence-electron chi connectivity index (χ4n) is 3.99. The van der Waals surface area contributed by atoms with Crippen molar-refractivity contribution in [2.75, 3.05) is 7.11 Å². The number of aromatic hydroxyl groups is 3. The molecule has 0 bridgehead atoms. The predicted octanol–water partition coefficient (Wildman–Crippen LogP) is 4.87. The molecular formula is C26H20F2O8. The first kappa shape index (κ1) is 24.5. The van der Waals surface area contributed by atoms with E-state index in [1.807, 2.05) is 0 Å². The van der Waals surface area contributed by atoms with Crippen molar-refractivity contribution in [3.8, 4) is 34.3 Å². The molecule has 1 unspecified atom stereocenters. The topological polar surface area (TPSA) is 126 Å². The zero-order chi connectivity index (χ0) is 26.0. The van der Waals surface area contributed by atoms with Gasteiger partial charge in [-0.3, -0.25) is 9.59 Å². The van der Waals surface area contributed by atoms with Gasteiger partial charge in [-0.1, -0.05) is 42.5 Å². The molecule has 4 rings (SSSR count). The fourth-order valence-corrected chi connectivity index (χ4v) is 3.99. The van der Waals surface area contributed by atoms with Crippen molar-refractivity contribution in [1.82, 2.24) is 0 Å². The summed E-state index contributed by atoms with van der Waals surface area (Å²) in [5.41, 5.74) is -0.548. The minimum atomic E-state index is -3.11. The lowest BCUT2D eigenvalue weighted by atomic mass is 9.86. The van der Waals surface area contributed by atoms with Crippen LogP contribution in [0.5, 0.6) is 23.0 Å². The number of halogens is 2. The van der Waals surface area contributed by atoms with Gasteiger partial charge in [0.1, 0.15) is 22.5 Å². The Balaban J connectivity index is 2.05. The third-order valence-corrected chi connectivity index (χ3v) is 5.62. The van der Waals surface area contributed by atoms with E-state index in [9.17, 15) is 33.7 Å². The molecule has 4 aromatic rings. The highest BCUT2D eigenvalue weighted by Crippen LogP contribution is 2.49. The molecule has 0 radical (unpaired) electrons. The monoisotopic (exact) mass is 498 g/mol. The molecule has 0 saturated heterocycles. The Bertz CT molecular complexity index is 1480. The van der Waals surface area contributed by atoms with Crippen molar-refractivity contribution in [1.29, 1.82) is 0 Å². The summed E-state index contributed by atoms with van der Waals surface area (Å²) < 4.78 is 40.8. The van der Waals surface area contributed by atoms with E-state index in [1.165, 1.54) is 24.3 Å². The summed E-state index contributed by atoms with van der Waals surface area (Å²) in [6.07, 6.45) is -0.444. The van der Waals surface area contributed by atoms with Crippen LogP contribution in [-0.2, 0) is 9.53 Å². The van der Waals surface area contributed by atoms with E-state index < -0.39 is 53.0 Å². The Morgan fingerprint density at radius 3 is 2.36 bits per heavy atom. The van der Waals surface area contributed by atoms with Crippen LogP contribution in [0.15, 0.2) is 69.9 Å². The van der Waals surface area contributed by atoms with E-state index in [2.05, 4.69) is 4.74 Å². The van der Waals surface area contributed by atoms with Crippen LogP contribution in [-0.4, -0.2) is 35.0 Å².